The largest absolute Gasteiger partial charge is 0.491 e. The summed E-state index contributed by atoms with van der Waals surface area (Å²) >= 11 is 0. The van der Waals surface area contributed by atoms with Crippen molar-refractivity contribution >= 4 is 0 Å². The van der Waals surface area contributed by atoms with Crippen molar-refractivity contribution in [1.82, 2.24) is 0 Å². The first-order valence-electron chi connectivity index (χ1n) is 12.6. The van der Waals surface area contributed by atoms with Crippen LogP contribution in [0, 0.1) is 0 Å². The Kier molecular flexibility index (Phi) is 11.5. The molecule has 0 saturated heterocycles. The van der Waals surface area contributed by atoms with E-state index in [1.807, 2.05) is 32.9 Å². The van der Waals surface area contributed by atoms with Crippen molar-refractivity contribution in [2.24, 2.45) is 0 Å². The Bertz CT molecular complexity index is 810. The molecule has 3 heteroatoms. The monoisotopic (exact) mass is 456 g/mol. The Labute approximate surface area is 203 Å². The van der Waals surface area contributed by atoms with E-state index in [2.05, 4.69) is 85.7 Å². The van der Waals surface area contributed by atoms with Crippen molar-refractivity contribution in [1.29, 1.82) is 0 Å². The van der Waals surface area contributed by atoms with E-state index in [4.69, 9.17) is 14.2 Å². The maximum Gasteiger partial charge on any atom is 0.197 e. The maximum atomic E-state index is 5.98. The third kappa shape index (κ3) is 9.41. The molecule has 0 spiro atoms. The van der Waals surface area contributed by atoms with Crippen molar-refractivity contribution < 1.29 is 14.2 Å². The third-order valence-electron chi connectivity index (χ3n) is 5.68. The SMILES string of the molecule is CC.CCC(C)c1ccc(OC(C)OCCOc2ccc(C(C)(C)C)c(C(C)(C)C)c2)cc1. The van der Waals surface area contributed by atoms with Gasteiger partial charge in [0.2, 0.25) is 0 Å². The fourth-order valence-electron chi connectivity index (χ4n) is 3.60. The normalized spacial score (nSPS) is 13.5. The molecule has 0 aliphatic rings. The second-order valence-electron chi connectivity index (χ2n) is 10.5. The van der Waals surface area contributed by atoms with Gasteiger partial charge >= 0.3 is 0 Å². The van der Waals surface area contributed by atoms with Crippen LogP contribution in [-0.4, -0.2) is 19.5 Å². The second kappa shape index (κ2) is 13.0. The molecule has 2 rings (SSSR count). The lowest BCUT2D eigenvalue weighted by molar-refractivity contribution is -0.0739. The van der Waals surface area contributed by atoms with E-state index in [1.165, 1.54) is 16.7 Å². The molecular weight excluding hydrogens is 408 g/mol. The maximum absolute atomic E-state index is 5.98. The van der Waals surface area contributed by atoms with E-state index in [9.17, 15) is 0 Å². The van der Waals surface area contributed by atoms with Gasteiger partial charge in [-0.25, -0.2) is 0 Å². The van der Waals surface area contributed by atoms with Crippen LogP contribution < -0.4 is 9.47 Å². The molecule has 0 aromatic heterocycles. The number of benzene rings is 2. The van der Waals surface area contributed by atoms with Gasteiger partial charge in [0, 0.05) is 0 Å². The lowest BCUT2D eigenvalue weighted by atomic mass is 9.75. The summed E-state index contributed by atoms with van der Waals surface area (Å²) in [5.74, 6) is 2.28. The molecule has 0 saturated carbocycles. The molecule has 0 amide bonds. The highest BCUT2D eigenvalue weighted by Crippen LogP contribution is 2.36. The van der Waals surface area contributed by atoms with Crippen molar-refractivity contribution in [3.05, 3.63) is 59.2 Å². The second-order valence-corrected chi connectivity index (χ2v) is 10.5. The van der Waals surface area contributed by atoms with E-state index < -0.39 is 0 Å². The zero-order valence-corrected chi connectivity index (χ0v) is 23.0. The highest BCUT2D eigenvalue weighted by atomic mass is 16.7. The minimum Gasteiger partial charge on any atom is -0.491 e. The van der Waals surface area contributed by atoms with Crippen LogP contribution in [-0.2, 0) is 15.6 Å². The Morgan fingerprint density at radius 1 is 0.727 bits per heavy atom. The topological polar surface area (TPSA) is 27.7 Å². The zero-order valence-electron chi connectivity index (χ0n) is 23.0. The molecule has 3 nitrogen and oxygen atoms in total. The first kappa shape index (κ1) is 29.0. The van der Waals surface area contributed by atoms with Crippen LogP contribution >= 0.6 is 0 Å². The van der Waals surface area contributed by atoms with Gasteiger partial charge in [-0.2, -0.15) is 0 Å². The predicted octanol–water partition coefficient (Wildman–Crippen LogP) is 8.64. The first-order valence-corrected chi connectivity index (χ1v) is 12.6. The molecule has 0 heterocycles. The molecule has 0 radical (unpaired) electrons. The fraction of sp³-hybridized carbons (Fsp3) is 0.600. The van der Waals surface area contributed by atoms with Crippen LogP contribution in [0.1, 0.15) is 105 Å². The lowest BCUT2D eigenvalue weighted by Crippen LogP contribution is -2.22. The zero-order chi connectivity index (χ0) is 25.2. The molecule has 0 bridgehead atoms. The number of hydrogen-bond acceptors (Lipinski definition) is 3. The molecule has 2 atom stereocenters. The smallest absolute Gasteiger partial charge is 0.197 e. The van der Waals surface area contributed by atoms with Crippen molar-refractivity contribution in [3.8, 4) is 11.5 Å². The molecule has 0 N–H and O–H groups in total. The van der Waals surface area contributed by atoms with Gasteiger partial charge in [0.05, 0.1) is 6.61 Å². The van der Waals surface area contributed by atoms with Gasteiger partial charge < -0.3 is 14.2 Å². The average molecular weight is 457 g/mol. The summed E-state index contributed by atoms with van der Waals surface area (Å²) in [5, 5.41) is 0. The summed E-state index contributed by atoms with van der Waals surface area (Å²) in [6.45, 7) is 24.8. The predicted molar refractivity (Wildman–Crippen MR) is 142 cm³/mol. The van der Waals surface area contributed by atoms with E-state index in [0.29, 0.717) is 19.1 Å². The van der Waals surface area contributed by atoms with E-state index in [-0.39, 0.29) is 17.1 Å². The first-order chi connectivity index (χ1) is 15.4. The van der Waals surface area contributed by atoms with E-state index >= 15 is 0 Å². The summed E-state index contributed by atoms with van der Waals surface area (Å²) in [6.07, 6.45) is 0.807. The molecule has 2 aromatic carbocycles. The van der Waals surface area contributed by atoms with Gasteiger partial charge in [0.25, 0.3) is 0 Å². The summed E-state index contributed by atoms with van der Waals surface area (Å²) in [5.41, 5.74) is 4.19. The van der Waals surface area contributed by atoms with Gasteiger partial charge in [0.15, 0.2) is 6.29 Å². The minimum absolute atomic E-state index is 0.0608. The van der Waals surface area contributed by atoms with Crippen molar-refractivity contribution in [2.45, 2.75) is 106 Å². The number of hydrogen-bond donors (Lipinski definition) is 0. The molecule has 0 aliphatic carbocycles. The van der Waals surface area contributed by atoms with Crippen LogP contribution in [0.3, 0.4) is 0 Å². The standard InChI is InChI=1S/C28H42O3.C2H6/c1-10-20(2)22-11-13-23(14-12-22)31-21(3)29-17-18-30-24-15-16-25(27(4,5)6)26(19-24)28(7,8)9;1-2/h11-16,19-21H,10,17-18H2,1-9H3;1-2H3. The van der Waals surface area contributed by atoms with Crippen molar-refractivity contribution in [3.63, 3.8) is 0 Å². The van der Waals surface area contributed by atoms with Crippen LogP contribution in [0.4, 0.5) is 0 Å². The highest BCUT2D eigenvalue weighted by molar-refractivity contribution is 5.43. The minimum atomic E-state index is -0.327. The van der Waals surface area contributed by atoms with E-state index in [0.717, 1.165) is 17.9 Å². The van der Waals surface area contributed by atoms with Crippen molar-refractivity contribution in [2.75, 3.05) is 13.2 Å². The molecular formula is C30H48O3. The summed E-state index contributed by atoms with van der Waals surface area (Å²) in [4.78, 5) is 0. The molecule has 2 aromatic rings. The Morgan fingerprint density at radius 3 is 1.79 bits per heavy atom. The molecule has 186 valence electrons. The molecule has 2 unspecified atom stereocenters. The van der Waals surface area contributed by atoms with Gasteiger partial charge in [-0.15, -0.1) is 0 Å². The van der Waals surface area contributed by atoms with Crippen LogP contribution in [0.15, 0.2) is 42.5 Å². The summed E-state index contributed by atoms with van der Waals surface area (Å²) in [7, 11) is 0. The Hall–Kier alpha value is -2.00. The molecule has 33 heavy (non-hydrogen) atoms. The lowest BCUT2D eigenvalue weighted by Gasteiger charge is -2.30. The highest BCUT2D eigenvalue weighted by Gasteiger charge is 2.25. The van der Waals surface area contributed by atoms with Gasteiger partial charge in [-0.05, 0) is 71.0 Å². The van der Waals surface area contributed by atoms with E-state index in [1.54, 1.807) is 0 Å². The van der Waals surface area contributed by atoms with Crippen LogP contribution in [0.25, 0.3) is 0 Å². The quantitative estimate of drug-likeness (QED) is 0.279. The summed E-state index contributed by atoms with van der Waals surface area (Å²) < 4.78 is 17.7. The Balaban J connectivity index is 0.00000265. The fourth-order valence-corrected chi connectivity index (χ4v) is 3.60. The third-order valence-corrected chi connectivity index (χ3v) is 5.68. The van der Waals surface area contributed by atoms with Gasteiger partial charge in [0.1, 0.15) is 18.1 Å². The van der Waals surface area contributed by atoms with Gasteiger partial charge in [-0.1, -0.05) is 87.4 Å². The van der Waals surface area contributed by atoms with Gasteiger partial charge in [-0.3, -0.25) is 0 Å². The van der Waals surface area contributed by atoms with Crippen LogP contribution in [0.5, 0.6) is 11.5 Å². The summed E-state index contributed by atoms with van der Waals surface area (Å²) in [6, 6.07) is 14.7. The molecule has 0 fully saturated rings. The number of rotatable bonds is 9. The number of ether oxygens (including phenoxy) is 3. The Morgan fingerprint density at radius 2 is 1.27 bits per heavy atom. The van der Waals surface area contributed by atoms with Crippen LogP contribution in [0.2, 0.25) is 0 Å². The molecule has 0 aliphatic heterocycles. The average Bonchev–Trinajstić information content (AvgIpc) is 2.76.